The lowest BCUT2D eigenvalue weighted by molar-refractivity contribution is 0.386. The van der Waals surface area contributed by atoms with Crippen LogP contribution in [0.1, 0.15) is 49.9 Å². The highest BCUT2D eigenvalue weighted by Crippen LogP contribution is 2.20. The summed E-state index contributed by atoms with van der Waals surface area (Å²) in [6.07, 6.45) is 0. The van der Waals surface area contributed by atoms with Crippen LogP contribution in [0.4, 0.5) is 13.2 Å². The van der Waals surface area contributed by atoms with Crippen molar-refractivity contribution in [3.05, 3.63) is 64.0 Å². The Bertz CT molecular complexity index is 806. The molecular weight excluding hydrogens is 353 g/mol. The fourth-order valence-corrected chi connectivity index (χ4v) is 1.69. The first kappa shape index (κ1) is 26.2. The number of nitrogens with zero attached hydrogens (tertiary/aromatic N) is 2. The molecule has 3 nitrogen and oxygen atoms in total. The summed E-state index contributed by atoms with van der Waals surface area (Å²) in [7, 11) is 1.39. The molecule has 0 radical (unpaired) electrons. The number of benzene rings is 2. The van der Waals surface area contributed by atoms with Crippen molar-refractivity contribution in [3.63, 3.8) is 0 Å². The fraction of sp³-hybridized carbons (Fsp3) is 0.333. The Morgan fingerprint density at radius 1 is 0.778 bits per heavy atom. The van der Waals surface area contributed by atoms with Gasteiger partial charge in [-0.2, -0.15) is 10.5 Å². The highest BCUT2D eigenvalue weighted by Gasteiger charge is 2.06. The molecule has 0 aliphatic carbocycles. The first-order valence-electron chi connectivity index (χ1n) is 8.44. The molecule has 0 spiro atoms. The van der Waals surface area contributed by atoms with E-state index in [1.807, 2.05) is 33.8 Å². The van der Waals surface area contributed by atoms with Crippen LogP contribution in [0.5, 0.6) is 5.75 Å². The Morgan fingerprint density at radius 2 is 1.30 bits per heavy atom. The van der Waals surface area contributed by atoms with Crippen molar-refractivity contribution in [2.75, 3.05) is 7.11 Å². The molecule has 146 valence electrons. The van der Waals surface area contributed by atoms with E-state index in [-0.39, 0.29) is 16.9 Å². The van der Waals surface area contributed by atoms with Crippen molar-refractivity contribution < 1.29 is 17.9 Å². The second-order valence-electron chi connectivity index (χ2n) is 4.59. The maximum atomic E-state index is 12.9. The molecule has 27 heavy (non-hydrogen) atoms. The van der Waals surface area contributed by atoms with E-state index < -0.39 is 17.5 Å². The van der Waals surface area contributed by atoms with E-state index in [2.05, 4.69) is 0 Å². The van der Waals surface area contributed by atoms with Gasteiger partial charge in [-0.1, -0.05) is 27.7 Å². The van der Waals surface area contributed by atoms with Gasteiger partial charge >= 0.3 is 0 Å². The largest absolute Gasteiger partial charge is 0.494 e. The van der Waals surface area contributed by atoms with Gasteiger partial charge in [0, 0.05) is 11.6 Å². The smallest absolute Gasteiger partial charge is 0.166 e. The lowest BCUT2D eigenvalue weighted by Crippen LogP contribution is -1.91. The standard InChI is InChI=1S/C9H8FNO.C8H5F2N.2C2H6/c1-6-3-9(12-2)8(10)4-7(6)5-11;1-5-6(4-11)2-7(9)3-8(5)10;2*1-2/h3-4H,1-2H3;2-3H,1H3;2*1-2H3. The number of halogens is 3. The molecule has 0 fully saturated rings. The first-order chi connectivity index (χ1) is 12.8. The van der Waals surface area contributed by atoms with E-state index in [4.69, 9.17) is 15.3 Å². The summed E-state index contributed by atoms with van der Waals surface area (Å²) < 4.78 is 42.7. The third-order valence-corrected chi connectivity index (χ3v) is 3.05. The van der Waals surface area contributed by atoms with Gasteiger partial charge in [-0.05, 0) is 37.6 Å². The van der Waals surface area contributed by atoms with E-state index >= 15 is 0 Å². The van der Waals surface area contributed by atoms with Crippen LogP contribution in [-0.2, 0) is 0 Å². The van der Waals surface area contributed by atoms with Crippen molar-refractivity contribution in [1.29, 1.82) is 10.5 Å². The zero-order chi connectivity index (χ0) is 21.6. The second kappa shape index (κ2) is 14.2. The van der Waals surface area contributed by atoms with Crippen LogP contribution in [-0.4, -0.2) is 7.11 Å². The minimum absolute atomic E-state index is 0.0440. The molecule has 2 aromatic rings. The van der Waals surface area contributed by atoms with Crippen LogP contribution in [0.15, 0.2) is 24.3 Å². The minimum atomic E-state index is -0.718. The topological polar surface area (TPSA) is 56.8 Å². The molecule has 0 saturated heterocycles. The Labute approximate surface area is 159 Å². The maximum Gasteiger partial charge on any atom is 0.166 e. The van der Waals surface area contributed by atoms with Crippen molar-refractivity contribution in [2.45, 2.75) is 41.5 Å². The number of hydrogen-bond donors (Lipinski definition) is 0. The van der Waals surface area contributed by atoms with Crippen LogP contribution in [0, 0.1) is 54.0 Å². The molecule has 0 amide bonds. The lowest BCUT2D eigenvalue weighted by atomic mass is 10.1. The summed E-state index contributed by atoms with van der Waals surface area (Å²) in [5, 5.41) is 16.9. The highest BCUT2D eigenvalue weighted by molar-refractivity contribution is 5.42. The predicted molar refractivity (Wildman–Crippen MR) is 101 cm³/mol. The zero-order valence-electron chi connectivity index (χ0n) is 16.7. The number of rotatable bonds is 1. The van der Waals surface area contributed by atoms with Gasteiger partial charge in [-0.15, -0.1) is 0 Å². The van der Waals surface area contributed by atoms with Gasteiger partial charge in [-0.25, -0.2) is 13.2 Å². The van der Waals surface area contributed by atoms with Gasteiger partial charge < -0.3 is 4.74 Å². The summed E-state index contributed by atoms with van der Waals surface area (Å²) in [5.41, 5.74) is 1.29. The van der Waals surface area contributed by atoms with Crippen LogP contribution >= 0.6 is 0 Å². The second-order valence-corrected chi connectivity index (χ2v) is 4.59. The van der Waals surface area contributed by atoms with E-state index in [0.717, 1.165) is 17.7 Å². The average molecular weight is 378 g/mol. The highest BCUT2D eigenvalue weighted by atomic mass is 19.1. The zero-order valence-corrected chi connectivity index (χ0v) is 16.7. The molecule has 0 bridgehead atoms. The fourth-order valence-electron chi connectivity index (χ4n) is 1.69. The Kier molecular flexibility index (Phi) is 13.8. The number of methoxy groups -OCH3 is 1. The number of nitriles is 2. The average Bonchev–Trinajstić information content (AvgIpc) is 2.69. The molecule has 0 aliphatic heterocycles. The molecule has 0 aromatic heterocycles. The molecule has 2 aromatic carbocycles. The maximum absolute atomic E-state index is 12.9. The minimum Gasteiger partial charge on any atom is -0.494 e. The van der Waals surface area contributed by atoms with Gasteiger partial charge in [0.1, 0.15) is 11.6 Å². The Balaban J connectivity index is 0. The molecule has 2 rings (SSSR count). The Morgan fingerprint density at radius 3 is 1.74 bits per heavy atom. The van der Waals surface area contributed by atoms with Crippen molar-refractivity contribution in [1.82, 2.24) is 0 Å². The van der Waals surface area contributed by atoms with Crippen molar-refractivity contribution in [2.24, 2.45) is 0 Å². The van der Waals surface area contributed by atoms with Gasteiger partial charge in [0.15, 0.2) is 11.6 Å². The number of hydrogen-bond acceptors (Lipinski definition) is 3. The molecule has 0 atom stereocenters. The predicted octanol–water partition coefficient (Wildman–Crippen LogP) is 6.21. The number of aryl methyl sites for hydroxylation is 1. The number of ether oxygens (including phenoxy) is 1. The third kappa shape index (κ3) is 8.29. The lowest BCUT2D eigenvalue weighted by Gasteiger charge is -2.03. The van der Waals surface area contributed by atoms with Crippen molar-refractivity contribution >= 4 is 0 Å². The summed E-state index contributed by atoms with van der Waals surface area (Å²) in [5.74, 6) is -1.72. The molecule has 0 unspecified atom stereocenters. The Hall–Kier alpha value is -2.99. The van der Waals surface area contributed by atoms with Gasteiger partial charge in [0.05, 0.1) is 30.4 Å². The van der Waals surface area contributed by atoms with Gasteiger partial charge in [0.25, 0.3) is 0 Å². The SMILES string of the molecule is CC.CC.COc1cc(C)c(C#N)cc1F.Cc1c(F)cc(F)cc1C#N. The third-order valence-electron chi connectivity index (χ3n) is 3.05. The van der Waals surface area contributed by atoms with Crippen LogP contribution < -0.4 is 4.74 Å². The molecule has 6 heteroatoms. The summed E-state index contributed by atoms with van der Waals surface area (Å²) in [6.45, 7) is 11.2. The van der Waals surface area contributed by atoms with Crippen molar-refractivity contribution in [3.8, 4) is 17.9 Å². The quantitative estimate of drug-likeness (QED) is 0.592. The van der Waals surface area contributed by atoms with E-state index in [1.165, 1.54) is 26.2 Å². The van der Waals surface area contributed by atoms with Gasteiger partial charge in [-0.3, -0.25) is 0 Å². The molecule has 0 aliphatic rings. The molecular formula is C21H25F3N2O. The summed E-state index contributed by atoms with van der Waals surface area (Å²) in [6, 6.07) is 8.04. The molecule has 0 saturated carbocycles. The first-order valence-corrected chi connectivity index (χ1v) is 8.44. The normalized spacial score (nSPS) is 8.30. The summed E-state index contributed by atoms with van der Waals surface area (Å²) in [4.78, 5) is 0. The van der Waals surface area contributed by atoms with Crippen LogP contribution in [0.2, 0.25) is 0 Å². The summed E-state index contributed by atoms with van der Waals surface area (Å²) >= 11 is 0. The van der Waals surface area contributed by atoms with Crippen LogP contribution in [0.25, 0.3) is 0 Å². The van der Waals surface area contributed by atoms with Gasteiger partial charge in [0.2, 0.25) is 0 Å². The monoisotopic (exact) mass is 378 g/mol. The van der Waals surface area contributed by atoms with E-state index in [9.17, 15) is 13.2 Å². The van der Waals surface area contributed by atoms with Crippen LogP contribution in [0.3, 0.4) is 0 Å². The molecule has 0 N–H and O–H groups in total. The molecule has 0 heterocycles. The van der Waals surface area contributed by atoms with E-state index in [1.54, 1.807) is 13.0 Å². The van der Waals surface area contributed by atoms with E-state index in [0.29, 0.717) is 5.56 Å².